The summed E-state index contributed by atoms with van der Waals surface area (Å²) in [5.74, 6) is -1.21. The molecule has 1 heterocycles. The molecule has 2 N–H and O–H groups in total. The molecule has 0 spiro atoms. The van der Waals surface area contributed by atoms with Gasteiger partial charge in [-0.3, -0.25) is 9.59 Å². The van der Waals surface area contributed by atoms with Gasteiger partial charge in [0.25, 0.3) is 0 Å². The largest absolute Gasteiger partial charge is 0.480 e. The van der Waals surface area contributed by atoms with E-state index in [1.165, 1.54) is 0 Å². The van der Waals surface area contributed by atoms with Crippen LogP contribution in [0.1, 0.15) is 27.2 Å². The molecule has 1 unspecified atom stereocenters. The van der Waals surface area contributed by atoms with Crippen LogP contribution < -0.4 is 5.32 Å². The highest BCUT2D eigenvalue weighted by molar-refractivity contribution is 5.91. The number of ether oxygens (including phenoxy) is 1. The van der Waals surface area contributed by atoms with Gasteiger partial charge in [0.1, 0.15) is 11.6 Å². The van der Waals surface area contributed by atoms with Crippen LogP contribution in [-0.4, -0.2) is 35.2 Å². The first kappa shape index (κ1) is 11.4. The van der Waals surface area contributed by atoms with Crippen molar-refractivity contribution in [2.24, 2.45) is 11.3 Å². The summed E-state index contributed by atoms with van der Waals surface area (Å²) in [6.07, 6.45) is 0.631. The zero-order valence-corrected chi connectivity index (χ0v) is 9.74. The molecule has 90 valence electrons. The lowest BCUT2D eigenvalue weighted by Gasteiger charge is -2.25. The fourth-order valence-corrected chi connectivity index (χ4v) is 2.45. The number of carbonyl (C=O) groups is 2. The van der Waals surface area contributed by atoms with Gasteiger partial charge in [0.05, 0.1) is 5.41 Å². The summed E-state index contributed by atoms with van der Waals surface area (Å²) in [4.78, 5) is 23.1. The predicted molar refractivity (Wildman–Crippen MR) is 55.8 cm³/mol. The van der Waals surface area contributed by atoms with Gasteiger partial charge in [0.2, 0.25) is 0 Å². The zero-order valence-electron chi connectivity index (χ0n) is 9.74. The van der Waals surface area contributed by atoms with Gasteiger partial charge in [-0.25, -0.2) is 0 Å². The van der Waals surface area contributed by atoms with Crippen molar-refractivity contribution in [3.05, 3.63) is 0 Å². The number of hydrogen-bond donors (Lipinski definition) is 2. The Hall–Kier alpha value is -1.10. The average Bonchev–Trinajstić information content (AvgIpc) is 2.70. The Morgan fingerprint density at radius 2 is 2.06 bits per heavy atom. The lowest BCUT2D eigenvalue weighted by molar-refractivity contribution is -0.166. The van der Waals surface area contributed by atoms with Gasteiger partial charge in [-0.1, -0.05) is 0 Å². The van der Waals surface area contributed by atoms with E-state index in [0.717, 1.165) is 0 Å². The molecule has 0 aromatic carbocycles. The van der Waals surface area contributed by atoms with E-state index in [9.17, 15) is 9.59 Å². The fourth-order valence-electron chi connectivity index (χ4n) is 2.45. The van der Waals surface area contributed by atoms with Gasteiger partial charge in [-0.15, -0.1) is 0 Å². The molecule has 0 radical (unpaired) electrons. The Kier molecular flexibility index (Phi) is 2.28. The standard InChI is InChI=1S/C11H17NO4/c1-10(2,3)16-9(15)11-4-6(11)5-12-7(11)8(13)14/h6-7,12H,4-5H2,1-3H3,(H,13,14)/t6-,7?,11-/m0/s1. The number of piperidine rings is 1. The van der Waals surface area contributed by atoms with Gasteiger partial charge < -0.3 is 15.2 Å². The second-order valence-electron chi connectivity index (χ2n) is 5.62. The van der Waals surface area contributed by atoms with E-state index in [1.54, 1.807) is 20.8 Å². The number of hydrogen-bond acceptors (Lipinski definition) is 4. The van der Waals surface area contributed by atoms with E-state index in [1.807, 2.05) is 0 Å². The molecule has 1 aliphatic carbocycles. The summed E-state index contributed by atoms with van der Waals surface area (Å²) in [7, 11) is 0. The van der Waals surface area contributed by atoms with Crippen molar-refractivity contribution < 1.29 is 19.4 Å². The van der Waals surface area contributed by atoms with Gasteiger partial charge in [-0.2, -0.15) is 0 Å². The predicted octanol–water partition coefficient (Wildman–Crippen LogP) is 0.391. The molecule has 1 saturated heterocycles. The van der Waals surface area contributed by atoms with Crippen LogP contribution in [0.25, 0.3) is 0 Å². The van der Waals surface area contributed by atoms with Crippen LogP contribution in [-0.2, 0) is 14.3 Å². The van der Waals surface area contributed by atoms with Crippen LogP contribution >= 0.6 is 0 Å². The number of aliphatic carboxylic acids is 1. The maximum atomic E-state index is 12.0. The molecule has 1 saturated carbocycles. The van der Waals surface area contributed by atoms with Crippen LogP contribution in [0.15, 0.2) is 0 Å². The number of fused-ring (bicyclic) bond motifs is 1. The minimum absolute atomic E-state index is 0.128. The van der Waals surface area contributed by atoms with Crippen LogP contribution in [0.5, 0.6) is 0 Å². The summed E-state index contributed by atoms with van der Waals surface area (Å²) in [6.45, 7) is 5.96. The number of rotatable bonds is 2. The topological polar surface area (TPSA) is 75.6 Å². The average molecular weight is 227 g/mol. The molecule has 2 fully saturated rings. The maximum Gasteiger partial charge on any atom is 0.321 e. The van der Waals surface area contributed by atoms with Gasteiger partial charge in [-0.05, 0) is 33.1 Å². The Morgan fingerprint density at radius 1 is 1.44 bits per heavy atom. The highest BCUT2D eigenvalue weighted by Crippen LogP contribution is 2.59. The molecule has 0 amide bonds. The van der Waals surface area contributed by atoms with Crippen LogP contribution in [0, 0.1) is 11.3 Å². The van der Waals surface area contributed by atoms with Crippen molar-refractivity contribution in [1.82, 2.24) is 5.32 Å². The van der Waals surface area contributed by atoms with E-state index >= 15 is 0 Å². The Bertz CT molecular complexity index is 346. The van der Waals surface area contributed by atoms with Crippen molar-refractivity contribution >= 4 is 11.9 Å². The van der Waals surface area contributed by atoms with Crippen molar-refractivity contribution in [3.8, 4) is 0 Å². The van der Waals surface area contributed by atoms with Crippen LogP contribution in [0.2, 0.25) is 0 Å². The van der Waals surface area contributed by atoms with E-state index < -0.39 is 23.0 Å². The highest BCUT2D eigenvalue weighted by atomic mass is 16.6. The third-order valence-electron chi connectivity index (χ3n) is 3.26. The number of carboxylic acid groups (broad SMARTS) is 1. The Balaban J connectivity index is 2.14. The molecule has 0 aromatic rings. The first-order valence-corrected chi connectivity index (χ1v) is 5.47. The first-order chi connectivity index (χ1) is 7.27. The Morgan fingerprint density at radius 3 is 2.50 bits per heavy atom. The van der Waals surface area contributed by atoms with Crippen LogP contribution in [0.4, 0.5) is 0 Å². The highest BCUT2D eigenvalue weighted by Gasteiger charge is 2.71. The minimum atomic E-state index is -0.967. The van der Waals surface area contributed by atoms with Gasteiger partial charge in [0.15, 0.2) is 0 Å². The number of nitrogens with one attached hydrogen (secondary N) is 1. The third-order valence-corrected chi connectivity index (χ3v) is 3.26. The second-order valence-corrected chi connectivity index (χ2v) is 5.62. The molecule has 0 aromatic heterocycles. The van der Waals surface area contributed by atoms with E-state index in [4.69, 9.17) is 9.84 Å². The number of carbonyl (C=O) groups excluding carboxylic acids is 1. The summed E-state index contributed by atoms with van der Waals surface area (Å²) in [6, 6.07) is -0.785. The lowest BCUT2D eigenvalue weighted by atomic mass is 9.96. The molecular weight excluding hydrogens is 210 g/mol. The monoisotopic (exact) mass is 227 g/mol. The molecule has 0 bridgehead atoms. The quantitative estimate of drug-likeness (QED) is 0.667. The van der Waals surface area contributed by atoms with Crippen molar-refractivity contribution in [1.29, 1.82) is 0 Å². The van der Waals surface area contributed by atoms with Crippen LogP contribution in [0.3, 0.4) is 0 Å². The minimum Gasteiger partial charge on any atom is -0.480 e. The van der Waals surface area contributed by atoms with Crippen molar-refractivity contribution in [2.45, 2.75) is 38.8 Å². The summed E-state index contributed by atoms with van der Waals surface area (Å²) < 4.78 is 5.30. The van der Waals surface area contributed by atoms with Crippen molar-refractivity contribution in [3.63, 3.8) is 0 Å². The molecule has 2 aliphatic rings. The second kappa shape index (κ2) is 3.20. The number of esters is 1. The lowest BCUT2D eigenvalue weighted by Crippen LogP contribution is -2.45. The van der Waals surface area contributed by atoms with Gasteiger partial charge >= 0.3 is 11.9 Å². The SMILES string of the molecule is CC(C)(C)OC(=O)[C@@]12C[C@H]1CNC2C(=O)O. The maximum absolute atomic E-state index is 12.0. The summed E-state index contributed by atoms with van der Waals surface area (Å²) >= 11 is 0. The van der Waals surface area contributed by atoms with Gasteiger partial charge in [0, 0.05) is 6.54 Å². The number of carboxylic acids is 1. The zero-order chi connectivity index (χ0) is 12.1. The smallest absolute Gasteiger partial charge is 0.321 e. The summed E-state index contributed by atoms with van der Waals surface area (Å²) in [5, 5.41) is 11.9. The van der Waals surface area contributed by atoms with E-state index in [0.29, 0.717) is 13.0 Å². The molecule has 5 heteroatoms. The molecule has 3 atom stereocenters. The first-order valence-electron chi connectivity index (χ1n) is 5.47. The third kappa shape index (κ3) is 1.59. The normalized spacial score (nSPS) is 36.7. The van der Waals surface area contributed by atoms with Crippen molar-refractivity contribution in [2.75, 3.05) is 6.54 Å². The molecule has 16 heavy (non-hydrogen) atoms. The van der Waals surface area contributed by atoms with E-state index in [2.05, 4.69) is 5.32 Å². The summed E-state index contributed by atoms with van der Waals surface area (Å²) in [5.41, 5.74) is -1.37. The fraction of sp³-hybridized carbons (Fsp3) is 0.818. The molecule has 1 aliphatic heterocycles. The molecule has 5 nitrogen and oxygen atoms in total. The van der Waals surface area contributed by atoms with E-state index in [-0.39, 0.29) is 11.9 Å². The Labute approximate surface area is 94.2 Å². The molecular formula is C11H17NO4. The molecule has 2 rings (SSSR count).